The summed E-state index contributed by atoms with van der Waals surface area (Å²) in [5.74, 6) is 0.700. The van der Waals surface area contributed by atoms with Crippen molar-refractivity contribution in [2.24, 2.45) is 5.73 Å². The fraction of sp³-hybridized carbons (Fsp3) is 0.308. The van der Waals surface area contributed by atoms with Gasteiger partial charge in [0.15, 0.2) is 0 Å². The first-order valence-corrected chi connectivity index (χ1v) is 6.04. The van der Waals surface area contributed by atoms with Gasteiger partial charge in [0, 0.05) is 17.1 Å². The van der Waals surface area contributed by atoms with Crippen LogP contribution in [0.1, 0.15) is 24.2 Å². The van der Waals surface area contributed by atoms with E-state index < -0.39 is 0 Å². The Morgan fingerprint density at radius 1 is 1.44 bits per heavy atom. The maximum Gasteiger partial charge on any atom is 0.144 e. The van der Waals surface area contributed by atoms with Gasteiger partial charge in [0.2, 0.25) is 0 Å². The van der Waals surface area contributed by atoms with Gasteiger partial charge in [-0.1, -0.05) is 11.6 Å². The first-order chi connectivity index (χ1) is 8.54. The normalized spacial score (nSPS) is 12.5. The SMILES string of the molecule is COc1cc(Cl)c(C)cc1-n1cncc1[C@H](C)N. The lowest BCUT2D eigenvalue weighted by molar-refractivity contribution is 0.412. The highest BCUT2D eigenvalue weighted by Crippen LogP contribution is 2.31. The van der Waals surface area contributed by atoms with Crippen LogP contribution >= 0.6 is 11.6 Å². The van der Waals surface area contributed by atoms with Crippen molar-refractivity contribution in [1.29, 1.82) is 0 Å². The summed E-state index contributed by atoms with van der Waals surface area (Å²) < 4.78 is 7.29. The molecule has 0 aliphatic rings. The van der Waals surface area contributed by atoms with Crippen molar-refractivity contribution in [3.05, 3.63) is 40.9 Å². The third-order valence-electron chi connectivity index (χ3n) is 2.85. The average Bonchev–Trinajstić information content (AvgIpc) is 2.81. The van der Waals surface area contributed by atoms with Gasteiger partial charge in [-0.05, 0) is 25.5 Å². The first kappa shape index (κ1) is 12.9. The number of aromatic nitrogens is 2. The summed E-state index contributed by atoms with van der Waals surface area (Å²) in [4.78, 5) is 4.14. The topological polar surface area (TPSA) is 53.1 Å². The van der Waals surface area contributed by atoms with E-state index in [2.05, 4.69) is 4.98 Å². The second-order valence-electron chi connectivity index (χ2n) is 4.25. The molecule has 0 amide bonds. The summed E-state index contributed by atoms with van der Waals surface area (Å²) in [7, 11) is 1.62. The average molecular weight is 266 g/mol. The third kappa shape index (κ3) is 2.21. The molecule has 2 N–H and O–H groups in total. The van der Waals surface area contributed by atoms with Crippen LogP contribution in [0.5, 0.6) is 5.75 Å². The minimum atomic E-state index is -0.104. The van der Waals surface area contributed by atoms with Crippen molar-refractivity contribution in [3.63, 3.8) is 0 Å². The van der Waals surface area contributed by atoms with Gasteiger partial charge < -0.3 is 10.5 Å². The first-order valence-electron chi connectivity index (χ1n) is 5.67. The number of aryl methyl sites for hydroxylation is 1. The van der Waals surface area contributed by atoms with Gasteiger partial charge in [-0.25, -0.2) is 4.98 Å². The summed E-state index contributed by atoms with van der Waals surface area (Å²) in [6.07, 6.45) is 3.48. The third-order valence-corrected chi connectivity index (χ3v) is 3.26. The second kappa shape index (κ2) is 5.00. The minimum absolute atomic E-state index is 0.104. The van der Waals surface area contributed by atoms with Crippen LogP contribution in [0, 0.1) is 6.92 Å². The molecular formula is C13H16ClN3O. The summed E-state index contributed by atoms with van der Waals surface area (Å²) in [5.41, 5.74) is 8.73. The minimum Gasteiger partial charge on any atom is -0.495 e. The van der Waals surface area contributed by atoms with E-state index in [9.17, 15) is 0 Å². The number of ether oxygens (including phenoxy) is 1. The van der Waals surface area contributed by atoms with E-state index in [0.29, 0.717) is 10.8 Å². The molecule has 0 fully saturated rings. The molecule has 0 unspecified atom stereocenters. The van der Waals surface area contributed by atoms with Crippen molar-refractivity contribution in [2.45, 2.75) is 19.9 Å². The molecule has 1 aromatic heterocycles. The zero-order valence-electron chi connectivity index (χ0n) is 10.6. The fourth-order valence-electron chi connectivity index (χ4n) is 1.84. The Kier molecular flexibility index (Phi) is 3.59. The zero-order valence-corrected chi connectivity index (χ0v) is 11.4. The lowest BCUT2D eigenvalue weighted by Gasteiger charge is -2.15. The molecule has 0 aliphatic heterocycles. The van der Waals surface area contributed by atoms with Crippen molar-refractivity contribution in [3.8, 4) is 11.4 Å². The van der Waals surface area contributed by atoms with E-state index in [1.54, 1.807) is 25.7 Å². The molecule has 0 spiro atoms. The van der Waals surface area contributed by atoms with Gasteiger partial charge in [0.05, 0.1) is 31.0 Å². The van der Waals surface area contributed by atoms with Crippen LogP contribution in [0.4, 0.5) is 0 Å². The summed E-state index contributed by atoms with van der Waals surface area (Å²) in [5, 5.41) is 0.679. The summed E-state index contributed by atoms with van der Waals surface area (Å²) in [6, 6.07) is 3.67. The Bertz CT molecular complexity index is 563. The van der Waals surface area contributed by atoms with E-state index in [4.69, 9.17) is 22.1 Å². The van der Waals surface area contributed by atoms with Gasteiger partial charge in [-0.15, -0.1) is 0 Å². The van der Waals surface area contributed by atoms with E-state index in [0.717, 1.165) is 16.9 Å². The quantitative estimate of drug-likeness (QED) is 0.928. The highest BCUT2D eigenvalue weighted by molar-refractivity contribution is 6.31. The molecule has 0 radical (unpaired) electrons. The van der Waals surface area contributed by atoms with E-state index in [1.807, 2.05) is 24.5 Å². The molecule has 1 heterocycles. The molecule has 2 rings (SSSR count). The molecule has 1 aromatic carbocycles. The van der Waals surface area contributed by atoms with Gasteiger partial charge in [-0.3, -0.25) is 4.57 Å². The highest BCUT2D eigenvalue weighted by Gasteiger charge is 2.14. The zero-order chi connectivity index (χ0) is 13.3. The van der Waals surface area contributed by atoms with Gasteiger partial charge >= 0.3 is 0 Å². The number of methoxy groups -OCH3 is 1. The molecule has 0 saturated carbocycles. The molecular weight excluding hydrogens is 250 g/mol. The molecule has 4 nitrogen and oxygen atoms in total. The summed E-state index contributed by atoms with van der Waals surface area (Å²) >= 11 is 6.10. The van der Waals surface area contributed by atoms with E-state index in [-0.39, 0.29) is 6.04 Å². The Balaban J connectivity index is 2.63. The Labute approximate surface area is 111 Å². The number of halogens is 1. The van der Waals surface area contributed by atoms with Crippen molar-refractivity contribution >= 4 is 11.6 Å². The van der Waals surface area contributed by atoms with Crippen LogP contribution in [-0.4, -0.2) is 16.7 Å². The van der Waals surface area contributed by atoms with Crippen LogP contribution in [-0.2, 0) is 0 Å². The van der Waals surface area contributed by atoms with Crippen LogP contribution in [0.15, 0.2) is 24.7 Å². The Morgan fingerprint density at radius 2 is 2.17 bits per heavy atom. The number of hydrogen-bond donors (Lipinski definition) is 1. The molecule has 5 heteroatoms. The largest absolute Gasteiger partial charge is 0.495 e. The van der Waals surface area contributed by atoms with Crippen molar-refractivity contribution in [2.75, 3.05) is 7.11 Å². The van der Waals surface area contributed by atoms with Crippen molar-refractivity contribution < 1.29 is 4.74 Å². The van der Waals surface area contributed by atoms with E-state index >= 15 is 0 Å². The molecule has 96 valence electrons. The van der Waals surface area contributed by atoms with Crippen molar-refractivity contribution in [1.82, 2.24) is 9.55 Å². The number of imidazole rings is 1. The smallest absolute Gasteiger partial charge is 0.144 e. The maximum atomic E-state index is 6.10. The van der Waals surface area contributed by atoms with Gasteiger partial charge in [0.1, 0.15) is 5.75 Å². The Morgan fingerprint density at radius 3 is 2.78 bits per heavy atom. The van der Waals surface area contributed by atoms with Gasteiger partial charge in [-0.2, -0.15) is 0 Å². The number of benzene rings is 1. The molecule has 0 bridgehead atoms. The number of hydrogen-bond acceptors (Lipinski definition) is 3. The lowest BCUT2D eigenvalue weighted by Crippen LogP contribution is -2.11. The van der Waals surface area contributed by atoms with Gasteiger partial charge in [0.25, 0.3) is 0 Å². The lowest BCUT2D eigenvalue weighted by atomic mass is 10.2. The number of nitrogens with two attached hydrogens (primary N) is 1. The maximum absolute atomic E-state index is 6.10. The van der Waals surface area contributed by atoms with E-state index in [1.165, 1.54) is 0 Å². The predicted molar refractivity (Wildman–Crippen MR) is 72.5 cm³/mol. The van der Waals surface area contributed by atoms with Crippen LogP contribution in [0.25, 0.3) is 5.69 Å². The van der Waals surface area contributed by atoms with Crippen LogP contribution in [0.3, 0.4) is 0 Å². The summed E-state index contributed by atoms with van der Waals surface area (Å²) in [6.45, 7) is 3.87. The molecule has 18 heavy (non-hydrogen) atoms. The molecule has 2 aromatic rings. The second-order valence-corrected chi connectivity index (χ2v) is 4.66. The molecule has 1 atom stereocenters. The molecule has 0 aliphatic carbocycles. The number of rotatable bonds is 3. The predicted octanol–water partition coefficient (Wildman–Crippen LogP) is 2.86. The highest BCUT2D eigenvalue weighted by atomic mass is 35.5. The molecule has 0 saturated heterocycles. The Hall–Kier alpha value is -1.52. The standard InChI is InChI=1S/C13H16ClN3O/c1-8-4-11(13(18-3)5-10(8)14)17-7-16-6-12(17)9(2)15/h4-7,9H,15H2,1-3H3/t9-/m0/s1. The van der Waals surface area contributed by atoms with Crippen LogP contribution < -0.4 is 10.5 Å². The number of nitrogens with zero attached hydrogens (tertiary/aromatic N) is 2. The fourth-order valence-corrected chi connectivity index (χ4v) is 2.00. The van der Waals surface area contributed by atoms with Crippen LogP contribution in [0.2, 0.25) is 5.02 Å². The monoisotopic (exact) mass is 265 g/mol.